The number of rotatable bonds is 2. The van der Waals surface area contributed by atoms with Crippen molar-refractivity contribution in [1.82, 2.24) is 9.97 Å². The largest absolute Gasteiger partial charge is 0.454 e. The third-order valence-corrected chi connectivity index (χ3v) is 1.59. The molecule has 11 heteroatoms. The number of ether oxygens (including phenoxy) is 1. The van der Waals surface area contributed by atoms with Crippen LogP contribution >= 0.6 is 0 Å². The van der Waals surface area contributed by atoms with E-state index >= 15 is 0 Å². The van der Waals surface area contributed by atoms with Crippen LogP contribution in [0.4, 0.5) is 37.8 Å². The average molecular weight is 276 g/mol. The van der Waals surface area contributed by atoms with E-state index in [0.717, 1.165) is 0 Å². The van der Waals surface area contributed by atoms with Crippen LogP contribution < -0.4 is 16.2 Å². The number of hydrogen-bond donors (Lipinski definition) is 2. The predicted octanol–water partition coefficient (Wildman–Crippen LogP) is 1.60. The van der Waals surface area contributed by atoms with E-state index in [1.807, 2.05) is 0 Å². The van der Waals surface area contributed by atoms with Crippen molar-refractivity contribution in [3.8, 4) is 6.01 Å². The second-order valence-electron chi connectivity index (χ2n) is 3.06. The molecule has 0 aromatic carbocycles. The number of anilines is 2. The van der Waals surface area contributed by atoms with E-state index in [1.54, 1.807) is 0 Å². The fourth-order valence-electron chi connectivity index (χ4n) is 0.892. The SMILES string of the molecule is Nc1nc(OCC(F)(F)F)nc(C(F)(F)F)c1N. The van der Waals surface area contributed by atoms with E-state index in [9.17, 15) is 26.3 Å². The van der Waals surface area contributed by atoms with Crippen LogP contribution in [0.5, 0.6) is 6.01 Å². The minimum absolute atomic E-state index is 0.811. The summed E-state index contributed by atoms with van der Waals surface area (Å²) < 4.78 is 76.5. The van der Waals surface area contributed by atoms with Crippen LogP contribution in [-0.2, 0) is 6.18 Å². The van der Waals surface area contributed by atoms with Crippen molar-refractivity contribution in [3.05, 3.63) is 5.69 Å². The third-order valence-electron chi connectivity index (χ3n) is 1.59. The lowest BCUT2D eigenvalue weighted by atomic mass is 10.3. The molecule has 1 rings (SSSR count). The highest BCUT2D eigenvalue weighted by molar-refractivity contribution is 5.62. The Bertz CT molecular complexity index is 443. The van der Waals surface area contributed by atoms with Gasteiger partial charge in [0.25, 0.3) is 0 Å². The molecule has 0 unspecified atom stereocenters. The molecule has 0 aliphatic heterocycles. The summed E-state index contributed by atoms with van der Waals surface area (Å²) >= 11 is 0. The van der Waals surface area contributed by atoms with Gasteiger partial charge in [-0.1, -0.05) is 0 Å². The molecule has 102 valence electrons. The number of nitrogens with two attached hydrogens (primary N) is 2. The standard InChI is InChI=1S/C7H6F6N4O/c8-6(9,10)1-18-5-16-3(7(11,12)13)2(14)4(15)17-5/h1,14H2,(H2,15,16,17). The van der Waals surface area contributed by atoms with E-state index in [4.69, 9.17) is 11.5 Å². The zero-order chi connectivity index (χ0) is 14.1. The molecule has 5 nitrogen and oxygen atoms in total. The summed E-state index contributed by atoms with van der Waals surface area (Å²) in [6.45, 7) is -1.84. The quantitative estimate of drug-likeness (QED) is 0.801. The van der Waals surface area contributed by atoms with Crippen molar-refractivity contribution in [3.63, 3.8) is 0 Å². The molecule has 1 aromatic rings. The predicted molar refractivity (Wildman–Crippen MR) is 47.4 cm³/mol. The summed E-state index contributed by atoms with van der Waals surface area (Å²) in [4.78, 5) is 5.81. The minimum Gasteiger partial charge on any atom is -0.454 e. The highest BCUT2D eigenvalue weighted by Crippen LogP contribution is 2.35. The van der Waals surface area contributed by atoms with Gasteiger partial charge < -0.3 is 16.2 Å². The molecule has 1 heterocycles. The highest BCUT2D eigenvalue weighted by atomic mass is 19.4. The summed E-state index contributed by atoms with van der Waals surface area (Å²) in [5, 5.41) is 0. The summed E-state index contributed by atoms with van der Waals surface area (Å²) in [5.41, 5.74) is 7.38. The van der Waals surface area contributed by atoms with E-state index in [-0.39, 0.29) is 0 Å². The molecular formula is C7H6F6N4O. The smallest absolute Gasteiger partial charge is 0.435 e. The van der Waals surface area contributed by atoms with Crippen molar-refractivity contribution in [2.24, 2.45) is 0 Å². The van der Waals surface area contributed by atoms with Crippen LogP contribution in [0.15, 0.2) is 0 Å². The Labute approximate surface area is 95.8 Å². The maximum atomic E-state index is 12.4. The van der Waals surface area contributed by atoms with Gasteiger partial charge in [0, 0.05) is 0 Å². The van der Waals surface area contributed by atoms with E-state index in [1.165, 1.54) is 0 Å². The van der Waals surface area contributed by atoms with Gasteiger partial charge in [-0.2, -0.15) is 36.3 Å². The molecule has 0 bridgehead atoms. The zero-order valence-electron chi connectivity index (χ0n) is 8.43. The fraction of sp³-hybridized carbons (Fsp3) is 0.429. The van der Waals surface area contributed by atoms with Crippen LogP contribution in [0.3, 0.4) is 0 Å². The topological polar surface area (TPSA) is 87.0 Å². The lowest BCUT2D eigenvalue weighted by molar-refractivity contribution is -0.155. The van der Waals surface area contributed by atoms with Crippen molar-refractivity contribution < 1.29 is 31.1 Å². The minimum atomic E-state index is -4.97. The number of halogens is 6. The summed E-state index contributed by atoms with van der Waals surface area (Å²) in [6, 6.07) is -1.15. The van der Waals surface area contributed by atoms with Crippen molar-refractivity contribution >= 4 is 11.5 Å². The van der Waals surface area contributed by atoms with Gasteiger partial charge in [0.05, 0.1) is 0 Å². The molecule has 4 N–H and O–H groups in total. The normalized spacial score (nSPS) is 12.6. The van der Waals surface area contributed by atoms with Crippen molar-refractivity contribution in [1.29, 1.82) is 0 Å². The number of nitrogen functional groups attached to an aromatic ring is 2. The Morgan fingerprint density at radius 3 is 2.00 bits per heavy atom. The lowest BCUT2D eigenvalue weighted by Gasteiger charge is -2.13. The molecule has 1 aromatic heterocycles. The average Bonchev–Trinajstić information content (AvgIpc) is 2.16. The van der Waals surface area contributed by atoms with Gasteiger partial charge in [-0.25, -0.2) is 0 Å². The first-order valence-corrected chi connectivity index (χ1v) is 4.20. The molecule has 0 spiro atoms. The van der Waals surface area contributed by atoms with Gasteiger partial charge in [0.1, 0.15) is 5.69 Å². The second-order valence-corrected chi connectivity index (χ2v) is 3.06. The number of aromatic nitrogens is 2. The van der Waals surface area contributed by atoms with Gasteiger partial charge >= 0.3 is 18.4 Å². The fourth-order valence-corrected chi connectivity index (χ4v) is 0.892. The summed E-state index contributed by atoms with van der Waals surface area (Å²) in [5.74, 6) is -0.811. The Hall–Kier alpha value is -1.94. The van der Waals surface area contributed by atoms with Crippen LogP contribution in [0.25, 0.3) is 0 Å². The number of nitrogens with zero attached hydrogens (tertiary/aromatic N) is 2. The molecule has 0 amide bonds. The van der Waals surface area contributed by atoms with Crippen molar-refractivity contribution in [2.75, 3.05) is 18.1 Å². The van der Waals surface area contributed by atoms with Crippen LogP contribution in [0.2, 0.25) is 0 Å². The lowest BCUT2D eigenvalue weighted by Crippen LogP contribution is -2.22. The van der Waals surface area contributed by atoms with Gasteiger partial charge in [0.2, 0.25) is 0 Å². The molecule has 0 aliphatic rings. The van der Waals surface area contributed by atoms with Gasteiger partial charge in [-0.15, -0.1) is 0 Å². The van der Waals surface area contributed by atoms with E-state index < -0.39 is 42.2 Å². The van der Waals surface area contributed by atoms with Crippen LogP contribution in [0, 0.1) is 0 Å². The molecule has 0 saturated heterocycles. The highest BCUT2D eigenvalue weighted by Gasteiger charge is 2.37. The molecule has 18 heavy (non-hydrogen) atoms. The Balaban J connectivity index is 3.06. The molecular weight excluding hydrogens is 270 g/mol. The first-order chi connectivity index (χ1) is 8.00. The third kappa shape index (κ3) is 3.53. The first-order valence-electron chi connectivity index (χ1n) is 4.20. The molecule has 0 saturated carbocycles. The monoisotopic (exact) mass is 276 g/mol. The summed E-state index contributed by atoms with van der Waals surface area (Å²) in [7, 11) is 0. The first kappa shape index (κ1) is 14.1. The molecule has 0 atom stereocenters. The summed E-state index contributed by atoms with van der Waals surface area (Å²) in [6.07, 6.45) is -9.71. The Morgan fingerprint density at radius 1 is 1.00 bits per heavy atom. The van der Waals surface area contributed by atoms with Gasteiger partial charge in [0.15, 0.2) is 18.1 Å². The van der Waals surface area contributed by atoms with E-state index in [2.05, 4.69) is 14.7 Å². The number of alkyl halides is 6. The van der Waals surface area contributed by atoms with Crippen LogP contribution in [0.1, 0.15) is 5.69 Å². The van der Waals surface area contributed by atoms with Crippen molar-refractivity contribution in [2.45, 2.75) is 12.4 Å². The Morgan fingerprint density at radius 2 is 1.56 bits per heavy atom. The molecule has 0 radical (unpaired) electrons. The molecule has 0 aliphatic carbocycles. The number of hydrogen-bond acceptors (Lipinski definition) is 5. The van der Waals surface area contributed by atoms with E-state index in [0.29, 0.717) is 0 Å². The maximum absolute atomic E-state index is 12.4. The zero-order valence-corrected chi connectivity index (χ0v) is 8.43. The van der Waals surface area contributed by atoms with Crippen LogP contribution in [-0.4, -0.2) is 22.8 Å². The second kappa shape index (κ2) is 4.38. The van der Waals surface area contributed by atoms with Gasteiger partial charge in [-0.05, 0) is 0 Å². The Kier molecular flexibility index (Phi) is 3.44. The maximum Gasteiger partial charge on any atom is 0.435 e. The molecule has 0 fully saturated rings. The van der Waals surface area contributed by atoms with Gasteiger partial charge in [-0.3, -0.25) is 0 Å².